The molecule has 1 aliphatic heterocycles. The zero-order valence-corrected chi connectivity index (χ0v) is 25.7. The molecule has 1 fully saturated rings. The maximum atomic E-state index is 14.4. The van der Waals surface area contributed by atoms with Gasteiger partial charge in [-0.25, -0.2) is 23.4 Å². The fourth-order valence-electron chi connectivity index (χ4n) is 6.31. The minimum absolute atomic E-state index is 0.0825. The second-order valence-corrected chi connectivity index (χ2v) is 12.3. The van der Waals surface area contributed by atoms with E-state index in [-0.39, 0.29) is 18.1 Å². The van der Waals surface area contributed by atoms with Gasteiger partial charge in [0.2, 0.25) is 10.9 Å². The maximum Gasteiger partial charge on any atom is 0.335 e. The van der Waals surface area contributed by atoms with Crippen molar-refractivity contribution in [1.82, 2.24) is 15.1 Å². The van der Waals surface area contributed by atoms with E-state index < -0.39 is 46.8 Å². The lowest BCUT2D eigenvalue weighted by atomic mass is 9.76. The van der Waals surface area contributed by atoms with Crippen LogP contribution in [0.1, 0.15) is 87.5 Å². The first-order valence-electron chi connectivity index (χ1n) is 14.5. The number of rotatable bonds is 10. The molecule has 44 heavy (non-hydrogen) atoms. The monoisotopic (exact) mass is 639 g/mol. The van der Waals surface area contributed by atoms with Crippen LogP contribution in [-0.4, -0.2) is 48.3 Å². The average Bonchev–Trinajstić information content (AvgIpc) is 3.01. The van der Waals surface area contributed by atoms with Crippen LogP contribution in [0.5, 0.6) is 0 Å². The minimum Gasteiger partial charge on any atom is -0.478 e. The van der Waals surface area contributed by atoms with Gasteiger partial charge in [-0.2, -0.15) is 0 Å². The Kier molecular flexibility index (Phi) is 10.00. The van der Waals surface area contributed by atoms with E-state index in [2.05, 4.69) is 10.2 Å². The van der Waals surface area contributed by atoms with Gasteiger partial charge in [-0.3, -0.25) is 14.4 Å². The number of thiol groups is 1. The van der Waals surface area contributed by atoms with Crippen LogP contribution in [0.25, 0.3) is 0 Å². The van der Waals surface area contributed by atoms with Gasteiger partial charge < -0.3 is 10.0 Å². The Hall–Kier alpha value is -3.77. The first-order chi connectivity index (χ1) is 21.2. The second-order valence-electron chi connectivity index (χ2n) is 11.1. The number of nitrogens with one attached hydrogen (secondary N) is 2. The SMILES string of the molecule is CCc1ccc2c(c1)[C@@H](C(=O)NOCc1cccc(C(=O)O)c1)[C@H](c1ccc(Cl)cc1)N([C@H]1CCCC[C@@H]1N[SH](=O)=O)C2=O. The van der Waals surface area contributed by atoms with Crippen molar-refractivity contribution in [2.24, 2.45) is 0 Å². The Bertz CT molecular complexity index is 1620. The van der Waals surface area contributed by atoms with Gasteiger partial charge in [0.25, 0.3) is 11.8 Å². The zero-order valence-electron chi connectivity index (χ0n) is 24.1. The number of hydrogen-bond acceptors (Lipinski definition) is 6. The predicted octanol–water partition coefficient (Wildman–Crippen LogP) is 4.56. The standard InChI is InChI=1S/C32H34ClN3O7S/c1-2-19-10-15-24-25(17-19)28(30(37)34-43-18-20-6-5-7-22(16-20)32(39)40)29(21-11-13-23(33)14-12-21)36(31(24)38)27-9-4-3-8-26(27)35-44(41)42/h5-7,10-17,26-29,44H,2-4,8-9,18H2,1H3,(H,34,37)(H,39,40)(H,35,41,42)/t26-,27-,28+,29-/m0/s1. The maximum absolute atomic E-state index is 14.4. The fourth-order valence-corrected chi connectivity index (χ4v) is 7.01. The molecule has 4 atom stereocenters. The molecular weight excluding hydrogens is 606 g/mol. The van der Waals surface area contributed by atoms with E-state index in [1.54, 1.807) is 47.4 Å². The number of aromatic carboxylic acids is 1. The minimum atomic E-state index is -2.92. The summed E-state index contributed by atoms with van der Waals surface area (Å²) in [4.78, 5) is 47.2. The number of carbonyl (C=O) groups excluding carboxylic acids is 2. The summed E-state index contributed by atoms with van der Waals surface area (Å²) in [7, 11) is -2.92. The summed E-state index contributed by atoms with van der Waals surface area (Å²) in [6.07, 6.45) is 3.41. The van der Waals surface area contributed by atoms with Crippen molar-refractivity contribution in [2.75, 3.05) is 0 Å². The smallest absolute Gasteiger partial charge is 0.335 e. The highest BCUT2D eigenvalue weighted by atomic mass is 35.5. The Balaban J connectivity index is 1.57. The molecule has 0 saturated heterocycles. The van der Waals surface area contributed by atoms with Crippen LogP contribution in [-0.2, 0) is 33.6 Å². The molecule has 3 N–H and O–H groups in total. The van der Waals surface area contributed by atoms with Gasteiger partial charge in [-0.15, -0.1) is 0 Å². The van der Waals surface area contributed by atoms with Gasteiger partial charge in [-0.05, 0) is 71.8 Å². The number of carboxylic acids is 1. The van der Waals surface area contributed by atoms with Crippen molar-refractivity contribution in [3.05, 3.63) is 105 Å². The van der Waals surface area contributed by atoms with Crippen molar-refractivity contribution in [3.8, 4) is 0 Å². The van der Waals surface area contributed by atoms with Crippen LogP contribution in [0.15, 0.2) is 66.7 Å². The fraction of sp³-hybridized carbons (Fsp3) is 0.344. The van der Waals surface area contributed by atoms with Crippen molar-refractivity contribution >= 4 is 40.3 Å². The molecule has 2 amide bonds. The number of hydrogen-bond donors (Lipinski definition) is 4. The number of benzene rings is 3. The zero-order chi connectivity index (χ0) is 31.4. The summed E-state index contributed by atoms with van der Waals surface area (Å²) in [5.41, 5.74) is 5.74. The molecule has 1 heterocycles. The quantitative estimate of drug-likeness (QED) is 0.188. The van der Waals surface area contributed by atoms with Crippen molar-refractivity contribution in [2.45, 2.75) is 69.7 Å². The van der Waals surface area contributed by atoms with E-state index in [9.17, 15) is 27.9 Å². The number of amides is 2. The summed E-state index contributed by atoms with van der Waals surface area (Å²) in [5.74, 6) is -2.77. The molecular formula is C32H34ClN3O7S. The summed E-state index contributed by atoms with van der Waals surface area (Å²) in [6, 6.07) is 16.8. The normalized spacial score (nSPS) is 21.6. The number of carboxylic acid groups (broad SMARTS) is 1. The lowest BCUT2D eigenvalue weighted by molar-refractivity contribution is -0.138. The molecule has 12 heteroatoms. The molecule has 2 aliphatic rings. The molecule has 3 aromatic carbocycles. The summed E-state index contributed by atoms with van der Waals surface area (Å²) < 4.78 is 26.2. The number of carbonyl (C=O) groups is 3. The number of halogens is 1. The van der Waals surface area contributed by atoms with Gasteiger partial charge in [0.05, 0.1) is 24.1 Å². The van der Waals surface area contributed by atoms with E-state index in [1.165, 1.54) is 12.1 Å². The first-order valence-corrected chi connectivity index (χ1v) is 16.1. The summed E-state index contributed by atoms with van der Waals surface area (Å²) >= 11 is 6.23. The Morgan fingerprint density at radius 3 is 2.48 bits per heavy atom. The molecule has 0 unspecified atom stereocenters. The van der Waals surface area contributed by atoms with E-state index in [0.29, 0.717) is 46.5 Å². The lowest BCUT2D eigenvalue weighted by Gasteiger charge is -2.49. The molecule has 1 saturated carbocycles. The number of fused-ring (bicyclic) bond motifs is 1. The Morgan fingerprint density at radius 1 is 1.02 bits per heavy atom. The first kappa shape index (κ1) is 31.6. The molecule has 0 bridgehead atoms. The van der Waals surface area contributed by atoms with Gasteiger partial charge in [-0.1, -0.05) is 67.8 Å². The van der Waals surface area contributed by atoms with Crippen LogP contribution in [0.3, 0.4) is 0 Å². The van der Waals surface area contributed by atoms with Crippen molar-refractivity contribution in [1.29, 1.82) is 0 Å². The molecule has 5 rings (SSSR count). The van der Waals surface area contributed by atoms with Crippen LogP contribution < -0.4 is 10.2 Å². The van der Waals surface area contributed by atoms with E-state index >= 15 is 0 Å². The molecule has 232 valence electrons. The van der Waals surface area contributed by atoms with Crippen LogP contribution in [0.4, 0.5) is 0 Å². The topological polar surface area (TPSA) is 142 Å². The van der Waals surface area contributed by atoms with Gasteiger partial charge >= 0.3 is 5.97 Å². The van der Waals surface area contributed by atoms with Crippen LogP contribution >= 0.6 is 11.6 Å². The molecule has 0 aromatic heterocycles. The largest absolute Gasteiger partial charge is 0.478 e. The highest BCUT2D eigenvalue weighted by Crippen LogP contribution is 2.46. The number of aryl methyl sites for hydroxylation is 1. The molecule has 0 radical (unpaired) electrons. The highest BCUT2D eigenvalue weighted by Gasteiger charge is 2.49. The molecule has 0 spiro atoms. The van der Waals surface area contributed by atoms with Crippen LogP contribution in [0.2, 0.25) is 5.02 Å². The second kappa shape index (κ2) is 13.9. The van der Waals surface area contributed by atoms with Crippen molar-refractivity contribution in [3.63, 3.8) is 0 Å². The average molecular weight is 640 g/mol. The molecule has 10 nitrogen and oxygen atoms in total. The number of nitrogens with zero attached hydrogens (tertiary/aromatic N) is 1. The van der Waals surface area contributed by atoms with Gasteiger partial charge in [0, 0.05) is 22.7 Å². The third-order valence-electron chi connectivity index (χ3n) is 8.38. The van der Waals surface area contributed by atoms with E-state index in [4.69, 9.17) is 16.4 Å². The summed E-state index contributed by atoms with van der Waals surface area (Å²) in [5, 5.41) is 9.81. The van der Waals surface area contributed by atoms with Gasteiger partial charge in [0.1, 0.15) is 0 Å². The Labute approximate surface area is 262 Å². The lowest BCUT2D eigenvalue weighted by Crippen LogP contribution is -2.58. The third kappa shape index (κ3) is 6.81. The highest BCUT2D eigenvalue weighted by molar-refractivity contribution is 7.70. The number of hydroxylamine groups is 1. The van der Waals surface area contributed by atoms with E-state index in [0.717, 1.165) is 18.4 Å². The van der Waals surface area contributed by atoms with Crippen molar-refractivity contribution < 1.29 is 32.7 Å². The van der Waals surface area contributed by atoms with E-state index in [1.807, 2.05) is 19.1 Å². The molecule has 3 aromatic rings. The predicted molar refractivity (Wildman–Crippen MR) is 165 cm³/mol. The van der Waals surface area contributed by atoms with Crippen LogP contribution in [0, 0.1) is 0 Å². The molecule has 1 aliphatic carbocycles. The Morgan fingerprint density at radius 2 is 1.77 bits per heavy atom. The van der Waals surface area contributed by atoms with Gasteiger partial charge in [0.15, 0.2) is 0 Å². The third-order valence-corrected chi connectivity index (χ3v) is 9.17. The summed E-state index contributed by atoms with van der Waals surface area (Å²) in [6.45, 7) is 1.90.